The third-order valence-electron chi connectivity index (χ3n) is 3.35. The molecule has 19 heavy (non-hydrogen) atoms. The highest BCUT2D eigenvalue weighted by Crippen LogP contribution is 2.22. The molecule has 0 saturated carbocycles. The van der Waals surface area contributed by atoms with Gasteiger partial charge in [0.15, 0.2) is 9.84 Å². The number of hydrogen-bond donors (Lipinski definition) is 1. The number of aryl methyl sites for hydroxylation is 1. The topological polar surface area (TPSA) is 64.0 Å². The summed E-state index contributed by atoms with van der Waals surface area (Å²) in [4.78, 5) is 4.46. The summed E-state index contributed by atoms with van der Waals surface area (Å²) in [6.07, 6.45) is 2.76. The molecule has 6 heteroatoms. The summed E-state index contributed by atoms with van der Waals surface area (Å²) in [7, 11) is -2.80. The first-order valence-electron chi connectivity index (χ1n) is 6.84. The maximum atomic E-state index is 11.5. The lowest BCUT2D eigenvalue weighted by Crippen LogP contribution is -2.16. The van der Waals surface area contributed by atoms with Crippen molar-refractivity contribution < 1.29 is 8.42 Å². The molecule has 2 heterocycles. The Labute approximate surface area is 115 Å². The highest BCUT2D eigenvalue weighted by molar-refractivity contribution is 7.91. The van der Waals surface area contributed by atoms with Gasteiger partial charge in [0.2, 0.25) is 5.95 Å². The Kier molecular flexibility index (Phi) is 4.18. The Morgan fingerprint density at radius 3 is 2.84 bits per heavy atom. The van der Waals surface area contributed by atoms with Gasteiger partial charge in [0, 0.05) is 19.3 Å². The second-order valence-corrected chi connectivity index (χ2v) is 8.13. The lowest BCUT2D eigenvalue weighted by Gasteiger charge is -2.14. The normalized spacial score (nSPS) is 22.0. The van der Waals surface area contributed by atoms with E-state index in [1.54, 1.807) is 0 Å². The van der Waals surface area contributed by atoms with Gasteiger partial charge in [-0.2, -0.15) is 0 Å². The van der Waals surface area contributed by atoms with Crippen LogP contribution in [0.15, 0.2) is 6.20 Å². The number of hydrogen-bond acceptors (Lipinski definition) is 4. The summed E-state index contributed by atoms with van der Waals surface area (Å²) in [5.41, 5.74) is 0.965. The molecule has 1 fully saturated rings. The van der Waals surface area contributed by atoms with Crippen LogP contribution in [0.3, 0.4) is 0 Å². The van der Waals surface area contributed by atoms with E-state index in [-0.39, 0.29) is 5.92 Å². The Morgan fingerprint density at radius 2 is 2.26 bits per heavy atom. The van der Waals surface area contributed by atoms with Crippen molar-refractivity contribution in [1.82, 2.24) is 9.55 Å². The van der Waals surface area contributed by atoms with Crippen molar-refractivity contribution in [2.75, 3.05) is 23.4 Å². The average Bonchev–Trinajstić information content (AvgIpc) is 2.79. The molecule has 2 rings (SSSR count). The minimum absolute atomic E-state index is 0.221. The first-order valence-corrected chi connectivity index (χ1v) is 8.66. The van der Waals surface area contributed by atoms with Gasteiger partial charge in [-0.15, -0.1) is 0 Å². The fourth-order valence-corrected chi connectivity index (χ4v) is 4.27. The van der Waals surface area contributed by atoms with Crippen LogP contribution in [-0.4, -0.2) is 36.0 Å². The summed E-state index contributed by atoms with van der Waals surface area (Å²) in [5, 5.41) is 3.33. The molecular formula is C13H23N3O2S. The zero-order valence-electron chi connectivity index (χ0n) is 11.9. The number of aromatic nitrogens is 2. The minimum Gasteiger partial charge on any atom is -0.355 e. The fourth-order valence-electron chi connectivity index (χ4n) is 2.42. The molecule has 0 spiro atoms. The van der Waals surface area contributed by atoms with E-state index in [0.717, 1.165) is 31.2 Å². The molecule has 1 N–H and O–H groups in total. The molecule has 0 aliphatic carbocycles. The highest BCUT2D eigenvalue weighted by atomic mass is 32.2. The number of anilines is 1. The van der Waals surface area contributed by atoms with Crippen molar-refractivity contribution in [2.24, 2.45) is 11.8 Å². The quantitative estimate of drug-likeness (QED) is 0.894. The summed E-state index contributed by atoms with van der Waals surface area (Å²) in [6.45, 7) is 7.87. The summed E-state index contributed by atoms with van der Waals surface area (Å²) < 4.78 is 25.1. The van der Waals surface area contributed by atoms with Gasteiger partial charge in [-0.1, -0.05) is 13.8 Å². The van der Waals surface area contributed by atoms with Gasteiger partial charge in [0.25, 0.3) is 0 Å². The Morgan fingerprint density at radius 1 is 1.53 bits per heavy atom. The summed E-state index contributed by atoms with van der Waals surface area (Å²) in [6, 6.07) is 0. The molecule has 108 valence electrons. The van der Waals surface area contributed by atoms with Crippen LogP contribution in [0.5, 0.6) is 0 Å². The smallest absolute Gasteiger partial charge is 0.203 e. The Hall–Kier alpha value is -1.04. The Balaban J connectivity index is 2.03. The number of imidazole rings is 1. The van der Waals surface area contributed by atoms with Crippen molar-refractivity contribution in [3.8, 4) is 0 Å². The van der Waals surface area contributed by atoms with Crippen LogP contribution in [0, 0.1) is 18.8 Å². The maximum Gasteiger partial charge on any atom is 0.203 e. The zero-order valence-corrected chi connectivity index (χ0v) is 12.7. The summed E-state index contributed by atoms with van der Waals surface area (Å²) in [5.74, 6) is 2.28. The molecule has 0 radical (unpaired) electrons. The third kappa shape index (κ3) is 3.96. The van der Waals surface area contributed by atoms with Gasteiger partial charge >= 0.3 is 0 Å². The summed E-state index contributed by atoms with van der Waals surface area (Å²) >= 11 is 0. The minimum atomic E-state index is -2.80. The molecule has 5 nitrogen and oxygen atoms in total. The van der Waals surface area contributed by atoms with Crippen molar-refractivity contribution >= 4 is 15.8 Å². The number of sulfone groups is 1. The van der Waals surface area contributed by atoms with Crippen molar-refractivity contribution in [2.45, 2.75) is 33.7 Å². The first kappa shape index (κ1) is 14.4. The molecular weight excluding hydrogens is 262 g/mol. The third-order valence-corrected chi connectivity index (χ3v) is 5.18. The molecule has 1 saturated heterocycles. The highest BCUT2D eigenvalue weighted by Gasteiger charge is 2.28. The fraction of sp³-hybridized carbons (Fsp3) is 0.769. The van der Waals surface area contributed by atoms with E-state index in [4.69, 9.17) is 0 Å². The van der Waals surface area contributed by atoms with E-state index in [9.17, 15) is 8.42 Å². The standard InChI is InChI=1S/C13H23N3O2S/c1-10(2)6-14-13-15-11(3)7-16(13)8-12-4-5-19(17,18)9-12/h7,10,12H,4-6,8-9H2,1-3H3,(H,14,15). The van der Waals surface area contributed by atoms with E-state index in [0.29, 0.717) is 17.4 Å². The Bertz CT molecular complexity index is 534. The molecule has 0 bridgehead atoms. The second kappa shape index (κ2) is 5.53. The van der Waals surface area contributed by atoms with Crippen molar-refractivity contribution in [3.05, 3.63) is 11.9 Å². The monoisotopic (exact) mass is 285 g/mol. The maximum absolute atomic E-state index is 11.5. The van der Waals surface area contributed by atoms with Gasteiger partial charge in [-0.3, -0.25) is 0 Å². The SMILES string of the molecule is Cc1cn(CC2CCS(=O)(=O)C2)c(NCC(C)C)n1. The van der Waals surface area contributed by atoms with Gasteiger partial charge in [0.05, 0.1) is 17.2 Å². The predicted molar refractivity (Wildman–Crippen MR) is 77.1 cm³/mol. The van der Waals surface area contributed by atoms with E-state index in [1.165, 1.54) is 0 Å². The molecule has 1 atom stereocenters. The molecule has 1 aliphatic rings. The van der Waals surface area contributed by atoms with Gasteiger partial charge in [0.1, 0.15) is 0 Å². The predicted octanol–water partition coefficient (Wildman–Crippen LogP) is 1.69. The van der Waals surface area contributed by atoms with E-state index >= 15 is 0 Å². The molecule has 1 unspecified atom stereocenters. The van der Waals surface area contributed by atoms with Crippen LogP contribution in [0.4, 0.5) is 5.95 Å². The number of nitrogens with one attached hydrogen (secondary N) is 1. The molecule has 0 aromatic carbocycles. The van der Waals surface area contributed by atoms with E-state index in [1.807, 2.05) is 13.1 Å². The lowest BCUT2D eigenvalue weighted by atomic mass is 10.1. The van der Waals surface area contributed by atoms with Gasteiger partial charge in [-0.05, 0) is 25.2 Å². The largest absolute Gasteiger partial charge is 0.355 e. The molecule has 1 aliphatic heterocycles. The van der Waals surface area contributed by atoms with Crippen LogP contribution in [0.1, 0.15) is 26.0 Å². The van der Waals surface area contributed by atoms with Crippen LogP contribution in [0.25, 0.3) is 0 Å². The first-order chi connectivity index (χ1) is 8.85. The van der Waals surface area contributed by atoms with E-state index in [2.05, 4.69) is 28.7 Å². The van der Waals surface area contributed by atoms with Gasteiger partial charge in [-0.25, -0.2) is 13.4 Å². The molecule has 1 aromatic rings. The second-order valence-electron chi connectivity index (χ2n) is 5.90. The van der Waals surface area contributed by atoms with Crippen LogP contribution >= 0.6 is 0 Å². The lowest BCUT2D eigenvalue weighted by molar-refractivity contribution is 0.492. The zero-order chi connectivity index (χ0) is 14.0. The molecule has 1 aromatic heterocycles. The van der Waals surface area contributed by atoms with Crippen LogP contribution in [-0.2, 0) is 16.4 Å². The van der Waals surface area contributed by atoms with E-state index < -0.39 is 9.84 Å². The van der Waals surface area contributed by atoms with Crippen LogP contribution in [0.2, 0.25) is 0 Å². The average molecular weight is 285 g/mol. The van der Waals surface area contributed by atoms with Crippen molar-refractivity contribution in [3.63, 3.8) is 0 Å². The van der Waals surface area contributed by atoms with Crippen molar-refractivity contribution in [1.29, 1.82) is 0 Å². The number of nitrogens with zero attached hydrogens (tertiary/aromatic N) is 2. The molecule has 0 amide bonds. The van der Waals surface area contributed by atoms with Gasteiger partial charge < -0.3 is 9.88 Å². The number of rotatable bonds is 5. The van der Waals surface area contributed by atoms with Crippen LogP contribution < -0.4 is 5.32 Å².